The number of carbonyl (C=O) groups excluding carboxylic acids is 1. The fraction of sp³-hybridized carbons (Fsp3) is 0.235. The van der Waals surface area contributed by atoms with Crippen LogP contribution in [0.4, 0.5) is 10.1 Å². The van der Waals surface area contributed by atoms with Gasteiger partial charge in [0.05, 0.1) is 5.69 Å². The number of benzene rings is 2. The lowest BCUT2D eigenvalue weighted by Crippen LogP contribution is -2.21. The summed E-state index contributed by atoms with van der Waals surface area (Å²) in [6, 6.07) is 10.3. The zero-order valence-corrected chi connectivity index (χ0v) is 12.4. The van der Waals surface area contributed by atoms with Gasteiger partial charge in [0.15, 0.2) is 6.61 Å². The Morgan fingerprint density at radius 2 is 1.76 bits per heavy atom. The van der Waals surface area contributed by atoms with Crippen LogP contribution in [0.2, 0.25) is 0 Å². The highest BCUT2D eigenvalue weighted by Crippen LogP contribution is 2.19. The molecule has 0 heterocycles. The lowest BCUT2D eigenvalue weighted by Gasteiger charge is -2.11. The number of hydrogen-bond acceptors (Lipinski definition) is 2. The van der Waals surface area contributed by atoms with Gasteiger partial charge in [0.2, 0.25) is 0 Å². The highest BCUT2D eigenvalue weighted by molar-refractivity contribution is 5.92. The molecule has 0 aliphatic rings. The van der Waals surface area contributed by atoms with Gasteiger partial charge >= 0.3 is 0 Å². The molecular weight excluding hydrogens is 269 g/mol. The molecule has 1 amide bonds. The summed E-state index contributed by atoms with van der Waals surface area (Å²) in [5, 5.41) is 2.51. The van der Waals surface area contributed by atoms with Gasteiger partial charge in [-0.05, 0) is 50.1 Å². The molecule has 0 unspecified atom stereocenters. The molecule has 2 rings (SSSR count). The summed E-state index contributed by atoms with van der Waals surface area (Å²) in [6.45, 7) is 5.59. The molecule has 0 bridgehead atoms. The predicted octanol–water partition coefficient (Wildman–Crippen LogP) is 3.77. The Kier molecular flexibility index (Phi) is 4.58. The fourth-order valence-electron chi connectivity index (χ4n) is 2.03. The van der Waals surface area contributed by atoms with Gasteiger partial charge in [-0.15, -0.1) is 0 Å². The molecular formula is C17H18FNO2. The first-order valence-electron chi connectivity index (χ1n) is 6.72. The van der Waals surface area contributed by atoms with Crippen LogP contribution in [0.3, 0.4) is 0 Å². The third-order valence-corrected chi connectivity index (χ3v) is 3.09. The SMILES string of the molecule is Cc1ccc(OCC(=O)Nc2cc(C)ccc2F)c(C)c1. The summed E-state index contributed by atoms with van der Waals surface area (Å²) in [4.78, 5) is 11.8. The molecule has 2 aromatic carbocycles. The van der Waals surface area contributed by atoms with Crippen molar-refractivity contribution in [2.24, 2.45) is 0 Å². The maximum Gasteiger partial charge on any atom is 0.262 e. The van der Waals surface area contributed by atoms with Crippen molar-refractivity contribution in [3.05, 3.63) is 58.9 Å². The monoisotopic (exact) mass is 287 g/mol. The van der Waals surface area contributed by atoms with Gasteiger partial charge in [-0.2, -0.15) is 0 Å². The molecule has 4 heteroatoms. The van der Waals surface area contributed by atoms with Gasteiger partial charge in [-0.25, -0.2) is 4.39 Å². The van der Waals surface area contributed by atoms with Crippen molar-refractivity contribution < 1.29 is 13.9 Å². The Hall–Kier alpha value is -2.36. The van der Waals surface area contributed by atoms with E-state index in [1.54, 1.807) is 12.1 Å². The number of nitrogens with one attached hydrogen (secondary N) is 1. The van der Waals surface area contributed by atoms with Crippen molar-refractivity contribution in [3.8, 4) is 5.75 Å². The molecule has 0 atom stereocenters. The standard InChI is InChI=1S/C17H18FNO2/c1-11-5-7-16(13(3)8-11)21-10-17(20)19-15-9-12(2)4-6-14(15)18/h4-9H,10H2,1-3H3,(H,19,20). The smallest absolute Gasteiger partial charge is 0.262 e. The quantitative estimate of drug-likeness (QED) is 0.929. The van der Waals surface area contributed by atoms with E-state index in [1.807, 2.05) is 39.0 Å². The summed E-state index contributed by atoms with van der Waals surface area (Å²) < 4.78 is 19.0. The summed E-state index contributed by atoms with van der Waals surface area (Å²) in [5.74, 6) is -0.194. The number of hydrogen-bond donors (Lipinski definition) is 1. The fourth-order valence-corrected chi connectivity index (χ4v) is 2.03. The zero-order valence-electron chi connectivity index (χ0n) is 12.4. The highest BCUT2D eigenvalue weighted by atomic mass is 19.1. The number of rotatable bonds is 4. The van der Waals surface area contributed by atoms with Crippen LogP contribution in [0.25, 0.3) is 0 Å². The van der Waals surface area contributed by atoms with E-state index in [4.69, 9.17) is 4.74 Å². The number of ether oxygens (including phenoxy) is 1. The topological polar surface area (TPSA) is 38.3 Å². The molecule has 0 aromatic heterocycles. The average Bonchev–Trinajstić information content (AvgIpc) is 2.42. The van der Waals surface area contributed by atoms with Gasteiger partial charge in [0.25, 0.3) is 5.91 Å². The molecule has 3 nitrogen and oxygen atoms in total. The van der Waals surface area contributed by atoms with Crippen molar-refractivity contribution in [1.82, 2.24) is 0 Å². The second-order valence-electron chi connectivity index (χ2n) is 5.09. The summed E-state index contributed by atoms with van der Waals surface area (Å²) in [6.07, 6.45) is 0. The minimum Gasteiger partial charge on any atom is -0.483 e. The Labute approximate surface area is 123 Å². The van der Waals surface area contributed by atoms with Crippen LogP contribution in [0, 0.1) is 26.6 Å². The molecule has 0 saturated heterocycles. The van der Waals surface area contributed by atoms with Crippen molar-refractivity contribution in [2.45, 2.75) is 20.8 Å². The van der Waals surface area contributed by atoms with E-state index in [-0.39, 0.29) is 18.2 Å². The second-order valence-corrected chi connectivity index (χ2v) is 5.09. The summed E-state index contributed by atoms with van der Waals surface area (Å²) in [7, 11) is 0. The first-order chi connectivity index (χ1) is 9.95. The Balaban J connectivity index is 1.97. The Bertz CT molecular complexity index is 668. The first kappa shape index (κ1) is 15.0. The van der Waals surface area contributed by atoms with E-state index in [0.29, 0.717) is 5.75 Å². The maximum absolute atomic E-state index is 13.5. The largest absolute Gasteiger partial charge is 0.483 e. The van der Waals surface area contributed by atoms with Gasteiger partial charge in [0.1, 0.15) is 11.6 Å². The molecule has 0 aliphatic heterocycles. The predicted molar refractivity (Wildman–Crippen MR) is 81.2 cm³/mol. The maximum atomic E-state index is 13.5. The van der Waals surface area contributed by atoms with Gasteiger partial charge in [0, 0.05) is 0 Å². The van der Waals surface area contributed by atoms with E-state index in [0.717, 1.165) is 16.7 Å². The first-order valence-corrected chi connectivity index (χ1v) is 6.72. The van der Waals surface area contributed by atoms with Crippen LogP contribution < -0.4 is 10.1 Å². The second kappa shape index (κ2) is 6.39. The van der Waals surface area contributed by atoms with E-state index < -0.39 is 5.82 Å². The molecule has 0 radical (unpaired) electrons. The van der Waals surface area contributed by atoms with Gasteiger partial charge in [-0.3, -0.25) is 4.79 Å². The summed E-state index contributed by atoms with van der Waals surface area (Å²) >= 11 is 0. The molecule has 0 fully saturated rings. The summed E-state index contributed by atoms with van der Waals surface area (Å²) in [5.41, 5.74) is 3.14. The van der Waals surface area contributed by atoms with E-state index in [2.05, 4.69) is 5.32 Å². The van der Waals surface area contributed by atoms with Crippen molar-refractivity contribution in [1.29, 1.82) is 0 Å². The van der Waals surface area contributed by atoms with Crippen molar-refractivity contribution in [2.75, 3.05) is 11.9 Å². The molecule has 21 heavy (non-hydrogen) atoms. The van der Waals surface area contributed by atoms with Crippen LogP contribution in [-0.2, 0) is 4.79 Å². The van der Waals surface area contributed by atoms with Crippen LogP contribution in [0.5, 0.6) is 5.75 Å². The zero-order chi connectivity index (χ0) is 15.4. The van der Waals surface area contributed by atoms with Gasteiger partial charge < -0.3 is 10.1 Å². The number of amides is 1. The number of anilines is 1. The minimum absolute atomic E-state index is 0.155. The van der Waals surface area contributed by atoms with Crippen LogP contribution in [-0.4, -0.2) is 12.5 Å². The van der Waals surface area contributed by atoms with Gasteiger partial charge in [-0.1, -0.05) is 23.8 Å². The molecule has 0 spiro atoms. The van der Waals surface area contributed by atoms with Crippen molar-refractivity contribution in [3.63, 3.8) is 0 Å². The number of aryl methyl sites for hydroxylation is 3. The van der Waals surface area contributed by atoms with Crippen molar-refractivity contribution >= 4 is 11.6 Å². The normalized spacial score (nSPS) is 10.3. The lowest BCUT2D eigenvalue weighted by atomic mass is 10.1. The molecule has 0 aliphatic carbocycles. The molecule has 2 aromatic rings. The molecule has 0 saturated carbocycles. The lowest BCUT2D eigenvalue weighted by molar-refractivity contribution is -0.118. The third-order valence-electron chi connectivity index (χ3n) is 3.09. The number of halogens is 1. The van der Waals surface area contributed by atoms with Crippen LogP contribution >= 0.6 is 0 Å². The van der Waals surface area contributed by atoms with Crippen LogP contribution in [0.1, 0.15) is 16.7 Å². The average molecular weight is 287 g/mol. The third kappa shape index (κ3) is 4.05. The highest BCUT2D eigenvalue weighted by Gasteiger charge is 2.09. The molecule has 1 N–H and O–H groups in total. The Morgan fingerprint density at radius 3 is 2.48 bits per heavy atom. The number of carbonyl (C=O) groups is 1. The Morgan fingerprint density at radius 1 is 1.10 bits per heavy atom. The van der Waals surface area contributed by atoms with E-state index in [1.165, 1.54) is 6.07 Å². The van der Waals surface area contributed by atoms with E-state index in [9.17, 15) is 9.18 Å². The van der Waals surface area contributed by atoms with E-state index >= 15 is 0 Å². The minimum atomic E-state index is -0.458. The van der Waals surface area contributed by atoms with Crippen LogP contribution in [0.15, 0.2) is 36.4 Å². The molecule has 110 valence electrons.